The minimum Gasteiger partial charge on any atom is -0.103 e. The molecule has 0 aromatic carbocycles. The molecule has 40 valence electrons. The lowest BCUT2D eigenvalue weighted by Gasteiger charge is -1.81. The van der Waals surface area contributed by atoms with Crippen LogP contribution in [0.3, 0.4) is 0 Å². The van der Waals surface area contributed by atoms with E-state index in [4.69, 9.17) is 0 Å². The molecule has 0 spiro atoms. The van der Waals surface area contributed by atoms with E-state index in [-0.39, 0.29) is 6.99 Å². The zero-order valence-electron chi connectivity index (χ0n) is 4.18. The molecule has 0 heterocycles. The highest BCUT2D eigenvalue weighted by Gasteiger charge is 1.66. The third kappa shape index (κ3) is 43.1. The van der Waals surface area contributed by atoms with Gasteiger partial charge in [-0.3, -0.25) is 0 Å². The Morgan fingerprint density at radius 3 is 1.00 bits per heavy atom. The van der Waals surface area contributed by atoms with Crippen LogP contribution in [0, 0.1) is 0 Å². The van der Waals surface area contributed by atoms with Gasteiger partial charge in [-0.2, -0.15) is 0 Å². The van der Waals surface area contributed by atoms with Crippen molar-refractivity contribution < 1.29 is 0 Å². The summed E-state index contributed by atoms with van der Waals surface area (Å²) in [5, 5.41) is 0. The van der Waals surface area contributed by atoms with E-state index in [9.17, 15) is 0 Å². The van der Waals surface area contributed by atoms with Gasteiger partial charge >= 0.3 is 0 Å². The molecule has 3 atom stereocenters. The van der Waals surface area contributed by atoms with Gasteiger partial charge < -0.3 is 0 Å². The van der Waals surface area contributed by atoms with E-state index in [2.05, 4.69) is 26.8 Å². The zero-order chi connectivity index (χ0) is 5.58. The zero-order valence-corrected chi connectivity index (χ0v) is 8.54. The Kier molecular flexibility index (Phi) is 17.5. The topological polar surface area (TPSA) is 0 Å². The van der Waals surface area contributed by atoms with Gasteiger partial charge in [-0.15, -0.1) is 26.8 Å². The largest absolute Gasteiger partial charge is 0.103 e. The van der Waals surface area contributed by atoms with Crippen LogP contribution in [0.1, 0.15) is 13.8 Å². The molecule has 0 saturated heterocycles. The molecule has 0 radical (unpaired) electrons. The molecule has 0 rings (SSSR count). The molecule has 0 aliphatic rings. The van der Waals surface area contributed by atoms with Gasteiger partial charge in [0.2, 0.25) is 0 Å². The van der Waals surface area contributed by atoms with Crippen molar-refractivity contribution in [1.82, 2.24) is 0 Å². The molecule has 0 saturated carbocycles. The van der Waals surface area contributed by atoms with Crippen molar-refractivity contribution in [2.24, 2.45) is 0 Å². The van der Waals surface area contributed by atoms with Crippen LogP contribution in [-0.4, -0.2) is 0 Å². The second-order valence-corrected chi connectivity index (χ2v) is 12.1. The molecule has 0 aliphatic heterocycles. The van der Waals surface area contributed by atoms with Crippen LogP contribution < -0.4 is 0 Å². The molecular weight excluding hydrogens is 148 g/mol. The second kappa shape index (κ2) is 9.87. The van der Waals surface area contributed by atoms with Crippen LogP contribution in [0.15, 0.2) is 0 Å². The lowest BCUT2D eigenvalue weighted by molar-refractivity contribution is 1.50. The first kappa shape index (κ1) is 10.7. The van der Waals surface area contributed by atoms with Crippen molar-refractivity contribution in [2.75, 3.05) is 0 Å². The van der Waals surface area contributed by atoms with E-state index in [0.29, 0.717) is 0 Å². The third-order valence-corrected chi connectivity index (χ3v) is 0. The number of hydrogen-bond acceptors (Lipinski definition) is 0. The molecule has 3 unspecified atom stereocenters. The quantitative estimate of drug-likeness (QED) is 0.478. The first-order valence-corrected chi connectivity index (χ1v) is 7.97. The Balaban J connectivity index is 0. The van der Waals surface area contributed by atoms with Crippen LogP contribution in [0.25, 0.3) is 0 Å². The van der Waals surface area contributed by atoms with Crippen LogP contribution in [0.4, 0.5) is 0 Å². The monoisotopic (exact) mass is 160 g/mol. The van der Waals surface area contributed by atoms with Crippen molar-refractivity contribution in [2.45, 2.75) is 13.8 Å². The summed E-state index contributed by atoms with van der Waals surface area (Å²) in [5.41, 5.74) is 0. The normalized spacial score (nSPS) is 7.00. The van der Waals surface area contributed by atoms with Crippen molar-refractivity contribution >= 4 is 33.8 Å². The van der Waals surface area contributed by atoms with Crippen LogP contribution in [-0.2, 0) is 0 Å². The predicted molar refractivity (Wildman–Crippen MR) is 47.4 cm³/mol. The first-order chi connectivity index (χ1) is 2.73. The Bertz CT molecular complexity index is 10.3. The maximum atomic E-state index is 2.65. The van der Waals surface area contributed by atoms with Gasteiger partial charge in [-0.05, 0) is 6.99 Å². The molecule has 0 bridgehead atoms. The Morgan fingerprint density at radius 1 is 1.00 bits per heavy atom. The van der Waals surface area contributed by atoms with Crippen molar-refractivity contribution in [3.8, 4) is 0 Å². The first-order valence-electron chi connectivity index (χ1n) is 1.77. The van der Waals surface area contributed by atoms with Crippen LogP contribution in [0.2, 0.25) is 0 Å². The van der Waals surface area contributed by atoms with Crippen LogP contribution in [0.5, 0.6) is 0 Å². The Labute approximate surface area is 48.3 Å². The summed E-state index contributed by atoms with van der Waals surface area (Å²) in [6.07, 6.45) is 0. The van der Waals surface area contributed by atoms with Crippen molar-refractivity contribution in [3.63, 3.8) is 0 Å². The minimum atomic E-state index is 0.130. The Morgan fingerprint density at radius 2 is 1.00 bits per heavy atom. The number of rotatable bonds is 0. The number of hydrogen-bond donors (Lipinski definition) is 0. The fourth-order valence-electron chi connectivity index (χ4n) is 0. The van der Waals surface area contributed by atoms with Gasteiger partial charge in [0.25, 0.3) is 0 Å². The maximum absolute atomic E-state index is 2.65. The van der Waals surface area contributed by atoms with E-state index >= 15 is 0 Å². The minimum absolute atomic E-state index is 0.130. The average Bonchev–Trinajstić information content (AvgIpc) is 1.41. The van der Waals surface area contributed by atoms with Gasteiger partial charge in [-0.1, -0.05) is 13.8 Å². The van der Waals surface area contributed by atoms with Gasteiger partial charge in [-0.25, -0.2) is 0 Å². The smallest absolute Gasteiger partial charge is 0.0500 e. The maximum Gasteiger partial charge on any atom is -0.0500 e. The molecule has 6 heavy (non-hydrogen) atoms. The highest BCUT2D eigenvalue weighted by Crippen LogP contribution is 2.59. The summed E-state index contributed by atoms with van der Waals surface area (Å²) in [6, 6.07) is 0. The fourth-order valence-corrected chi connectivity index (χ4v) is 0. The summed E-state index contributed by atoms with van der Waals surface area (Å²) in [7, 11) is 7.94. The van der Waals surface area contributed by atoms with Gasteiger partial charge in [0, 0.05) is 0 Å². The molecule has 0 aromatic rings. The molecule has 0 aromatic heterocycles. The van der Waals surface area contributed by atoms with Crippen molar-refractivity contribution in [1.29, 1.82) is 0 Å². The predicted octanol–water partition coefficient (Wildman–Crippen LogP) is 2.86. The third-order valence-electron chi connectivity index (χ3n) is 0. The highest BCUT2D eigenvalue weighted by atomic mass is 32.7. The van der Waals surface area contributed by atoms with Crippen LogP contribution >= 0.6 is 33.8 Å². The van der Waals surface area contributed by atoms with E-state index in [1.165, 1.54) is 0 Å². The van der Waals surface area contributed by atoms with Gasteiger partial charge in [0.05, 0.1) is 0 Å². The van der Waals surface area contributed by atoms with E-state index in [1.54, 1.807) is 0 Å². The van der Waals surface area contributed by atoms with Gasteiger partial charge in [0.1, 0.15) is 0 Å². The Hall–Kier alpha value is 1.72. The van der Waals surface area contributed by atoms with Gasteiger partial charge in [0.15, 0.2) is 0 Å². The van der Waals surface area contributed by atoms with E-state index < -0.39 is 0 Å². The van der Waals surface area contributed by atoms with Crippen molar-refractivity contribution in [3.05, 3.63) is 0 Å². The highest BCUT2D eigenvalue weighted by molar-refractivity contribution is 8.65. The average molecular weight is 160 g/mol. The summed E-state index contributed by atoms with van der Waals surface area (Å²) in [4.78, 5) is 0. The van der Waals surface area contributed by atoms with E-state index in [0.717, 1.165) is 0 Å². The second-order valence-electron chi connectivity index (χ2n) is 0.447. The fraction of sp³-hybridized carbons (Fsp3) is 1.00. The molecular formula is C2H12P4. The lowest BCUT2D eigenvalue weighted by atomic mass is 11.0. The molecule has 0 amide bonds. The molecule has 0 aliphatic carbocycles. The SMILES string of the molecule is CC.PP(P)P. The summed E-state index contributed by atoms with van der Waals surface area (Å²) >= 11 is 0. The molecule has 0 fully saturated rings. The summed E-state index contributed by atoms with van der Waals surface area (Å²) in [5.74, 6) is 0. The summed E-state index contributed by atoms with van der Waals surface area (Å²) in [6.45, 7) is 4.13. The lowest BCUT2D eigenvalue weighted by Crippen LogP contribution is -0.870. The standard InChI is InChI=1S/C2H6.H6P4/c1-2;1-4(2)3/h1-2H3;1-3H2. The molecule has 0 nitrogen and oxygen atoms in total. The summed E-state index contributed by atoms with van der Waals surface area (Å²) < 4.78 is 0. The van der Waals surface area contributed by atoms with E-state index in [1.807, 2.05) is 13.8 Å². The molecule has 4 heteroatoms. The molecule has 0 N–H and O–H groups in total.